The average Bonchev–Trinajstić information content (AvgIpc) is 2.55. The molecule has 2 aromatic heterocycles. The summed E-state index contributed by atoms with van der Waals surface area (Å²) in [5, 5.41) is 4.09. The Kier molecular flexibility index (Phi) is 3.83. The zero-order chi connectivity index (χ0) is 15.4. The summed E-state index contributed by atoms with van der Waals surface area (Å²) in [6, 6.07) is 18.7. The van der Waals surface area contributed by atoms with Crippen LogP contribution >= 0.6 is 0 Å². The normalized spacial score (nSPS) is 10.2. The van der Waals surface area contributed by atoms with Crippen molar-refractivity contribution in [3.63, 3.8) is 0 Å². The number of pyridine rings is 2. The first-order valence-electron chi connectivity index (χ1n) is 6.87. The lowest BCUT2D eigenvalue weighted by molar-refractivity contribution is 1.27. The highest BCUT2D eigenvalue weighted by molar-refractivity contribution is 5.81. The number of aromatic amines is 2. The molecule has 22 heavy (non-hydrogen) atoms. The van der Waals surface area contributed by atoms with Crippen LogP contribution in [0, 0.1) is 0 Å². The molecule has 0 bridgehead atoms. The lowest BCUT2D eigenvalue weighted by atomic mass is 10.2. The highest BCUT2D eigenvalue weighted by atomic mass is 16.1. The fraction of sp³-hybridized carbons (Fsp3) is 0. The third kappa shape index (κ3) is 3.12. The second kappa shape index (κ2) is 6.10. The van der Waals surface area contributed by atoms with Crippen LogP contribution in [0.5, 0.6) is 0 Å². The summed E-state index contributed by atoms with van der Waals surface area (Å²) in [5.41, 5.74) is -0.104. The average molecular weight is 290 g/mol. The zero-order valence-corrected chi connectivity index (χ0v) is 11.7. The van der Waals surface area contributed by atoms with Crippen molar-refractivity contribution in [2.45, 2.75) is 0 Å². The molecule has 4 rings (SSSR count). The predicted octanol–water partition coefficient (Wildman–Crippen LogP) is 3.06. The van der Waals surface area contributed by atoms with Gasteiger partial charge in [-0.2, -0.15) is 0 Å². The van der Waals surface area contributed by atoms with E-state index in [0.29, 0.717) is 0 Å². The van der Waals surface area contributed by atoms with Crippen molar-refractivity contribution >= 4 is 21.5 Å². The van der Waals surface area contributed by atoms with Gasteiger partial charge < -0.3 is 9.97 Å². The van der Waals surface area contributed by atoms with Gasteiger partial charge in [-0.3, -0.25) is 9.59 Å². The molecule has 4 aromatic rings. The Hall–Kier alpha value is -3.14. The van der Waals surface area contributed by atoms with Crippen molar-refractivity contribution in [2.75, 3.05) is 0 Å². The van der Waals surface area contributed by atoms with Crippen LogP contribution in [0.15, 0.2) is 82.6 Å². The van der Waals surface area contributed by atoms with Crippen molar-refractivity contribution in [3.8, 4) is 0 Å². The number of rotatable bonds is 0. The summed E-state index contributed by atoms with van der Waals surface area (Å²) in [6.45, 7) is 0. The standard InChI is InChI=1S/2C9H7NO/c2*11-9-5-7-3-1-2-4-8(7)6-10-9/h2*1-6H,(H,10,11). The molecule has 0 amide bonds. The summed E-state index contributed by atoms with van der Waals surface area (Å²) >= 11 is 0. The third-order valence-corrected chi connectivity index (χ3v) is 3.31. The lowest BCUT2D eigenvalue weighted by Crippen LogP contribution is -2.00. The molecule has 0 atom stereocenters. The molecule has 0 aliphatic carbocycles. The summed E-state index contributed by atoms with van der Waals surface area (Å²) in [5.74, 6) is 0. The third-order valence-electron chi connectivity index (χ3n) is 3.31. The van der Waals surface area contributed by atoms with Crippen molar-refractivity contribution < 1.29 is 0 Å². The van der Waals surface area contributed by atoms with Gasteiger partial charge in [-0.25, -0.2) is 0 Å². The second-order valence-corrected chi connectivity index (χ2v) is 4.85. The van der Waals surface area contributed by atoms with E-state index >= 15 is 0 Å². The lowest BCUT2D eigenvalue weighted by Gasteiger charge is -1.92. The smallest absolute Gasteiger partial charge is 0.248 e. The van der Waals surface area contributed by atoms with Gasteiger partial charge in [-0.1, -0.05) is 48.5 Å². The topological polar surface area (TPSA) is 65.7 Å². The highest BCUT2D eigenvalue weighted by Gasteiger charge is 1.90. The van der Waals surface area contributed by atoms with E-state index in [9.17, 15) is 9.59 Å². The van der Waals surface area contributed by atoms with Crippen LogP contribution in [0.2, 0.25) is 0 Å². The summed E-state index contributed by atoms with van der Waals surface area (Å²) in [7, 11) is 0. The molecule has 2 heterocycles. The number of fused-ring (bicyclic) bond motifs is 2. The molecule has 0 aliphatic heterocycles. The number of nitrogens with one attached hydrogen (secondary N) is 2. The van der Waals surface area contributed by atoms with Crippen LogP contribution in [0.4, 0.5) is 0 Å². The molecule has 2 aromatic carbocycles. The fourth-order valence-electron chi connectivity index (χ4n) is 2.21. The van der Waals surface area contributed by atoms with Gasteiger partial charge in [0.05, 0.1) is 0 Å². The molecule has 0 spiro atoms. The summed E-state index contributed by atoms with van der Waals surface area (Å²) in [6.07, 6.45) is 3.44. The minimum Gasteiger partial charge on any atom is -0.328 e. The number of hydrogen-bond donors (Lipinski definition) is 2. The van der Waals surface area contributed by atoms with Crippen molar-refractivity contribution in [3.05, 3.63) is 93.8 Å². The minimum atomic E-state index is -0.0521. The summed E-state index contributed by atoms with van der Waals surface area (Å²) < 4.78 is 0. The monoisotopic (exact) mass is 290 g/mol. The minimum absolute atomic E-state index is 0.0521. The van der Waals surface area contributed by atoms with E-state index in [0.717, 1.165) is 21.5 Å². The van der Waals surface area contributed by atoms with Crippen LogP contribution in [0.25, 0.3) is 21.5 Å². The van der Waals surface area contributed by atoms with Gasteiger partial charge in [-0.05, 0) is 21.5 Å². The maximum absolute atomic E-state index is 10.8. The first-order valence-corrected chi connectivity index (χ1v) is 6.87. The highest BCUT2D eigenvalue weighted by Crippen LogP contribution is 2.08. The van der Waals surface area contributed by atoms with Gasteiger partial charge in [0.25, 0.3) is 0 Å². The van der Waals surface area contributed by atoms with Crippen LogP contribution in [-0.4, -0.2) is 9.97 Å². The van der Waals surface area contributed by atoms with Crippen molar-refractivity contribution in [1.29, 1.82) is 0 Å². The molecule has 108 valence electrons. The molecule has 0 saturated carbocycles. The van der Waals surface area contributed by atoms with Crippen molar-refractivity contribution in [1.82, 2.24) is 9.97 Å². The Morgan fingerprint density at radius 1 is 0.545 bits per heavy atom. The zero-order valence-electron chi connectivity index (χ0n) is 11.7. The molecular weight excluding hydrogens is 276 g/mol. The second-order valence-electron chi connectivity index (χ2n) is 4.85. The predicted molar refractivity (Wildman–Crippen MR) is 89.1 cm³/mol. The Bertz CT molecular complexity index is 946. The molecule has 0 fully saturated rings. The molecule has 0 saturated heterocycles. The quantitative estimate of drug-likeness (QED) is 0.522. The molecule has 0 unspecified atom stereocenters. The van der Waals surface area contributed by atoms with Crippen LogP contribution in [0.3, 0.4) is 0 Å². The van der Waals surface area contributed by atoms with E-state index in [1.807, 2.05) is 48.5 Å². The van der Waals surface area contributed by atoms with Crippen LogP contribution < -0.4 is 11.1 Å². The SMILES string of the molecule is O=c1cc2ccccc2c[nH]1.O=c1cc2ccccc2c[nH]1. The van der Waals surface area contributed by atoms with Gasteiger partial charge in [0, 0.05) is 24.5 Å². The number of aromatic nitrogens is 2. The molecule has 4 heteroatoms. The van der Waals surface area contributed by atoms with Gasteiger partial charge in [-0.15, -0.1) is 0 Å². The fourth-order valence-corrected chi connectivity index (χ4v) is 2.21. The van der Waals surface area contributed by atoms with E-state index in [1.165, 1.54) is 0 Å². The Morgan fingerprint density at radius 2 is 0.909 bits per heavy atom. The molecular formula is C18H14N2O2. The van der Waals surface area contributed by atoms with E-state index in [-0.39, 0.29) is 11.1 Å². The van der Waals surface area contributed by atoms with Gasteiger partial charge >= 0.3 is 0 Å². The van der Waals surface area contributed by atoms with Crippen LogP contribution in [-0.2, 0) is 0 Å². The Morgan fingerprint density at radius 3 is 1.32 bits per heavy atom. The Labute approximate surface area is 126 Å². The number of hydrogen-bond acceptors (Lipinski definition) is 2. The van der Waals surface area contributed by atoms with E-state index in [2.05, 4.69) is 9.97 Å². The van der Waals surface area contributed by atoms with E-state index < -0.39 is 0 Å². The first-order chi connectivity index (χ1) is 10.7. The van der Waals surface area contributed by atoms with E-state index in [1.54, 1.807) is 24.5 Å². The van der Waals surface area contributed by atoms with Gasteiger partial charge in [0.2, 0.25) is 11.1 Å². The van der Waals surface area contributed by atoms with Gasteiger partial charge in [0.1, 0.15) is 0 Å². The number of H-pyrrole nitrogens is 2. The molecule has 4 nitrogen and oxygen atoms in total. The van der Waals surface area contributed by atoms with Crippen LogP contribution in [0.1, 0.15) is 0 Å². The number of benzene rings is 2. The summed E-state index contributed by atoms with van der Waals surface area (Å²) in [4.78, 5) is 26.9. The molecule has 0 aliphatic rings. The molecule has 2 N–H and O–H groups in total. The maximum Gasteiger partial charge on any atom is 0.248 e. The molecule has 0 radical (unpaired) electrons. The van der Waals surface area contributed by atoms with Gasteiger partial charge in [0.15, 0.2) is 0 Å². The van der Waals surface area contributed by atoms with Crippen molar-refractivity contribution in [2.24, 2.45) is 0 Å². The maximum atomic E-state index is 10.8. The van der Waals surface area contributed by atoms with E-state index in [4.69, 9.17) is 0 Å². The largest absolute Gasteiger partial charge is 0.328 e. The Balaban J connectivity index is 0.000000131. The first kappa shape index (κ1) is 13.8.